The van der Waals surface area contributed by atoms with Crippen LogP contribution in [0.4, 0.5) is 0 Å². The van der Waals surface area contributed by atoms with E-state index in [4.69, 9.17) is 23.7 Å². The van der Waals surface area contributed by atoms with Gasteiger partial charge in [-0.15, -0.1) is 0 Å². The Morgan fingerprint density at radius 2 is 1.36 bits per heavy atom. The normalized spacial score (nSPS) is 15.6. The van der Waals surface area contributed by atoms with Crippen molar-refractivity contribution in [3.8, 4) is 17.2 Å². The van der Waals surface area contributed by atoms with Gasteiger partial charge in [-0.1, -0.05) is 43.2 Å². The van der Waals surface area contributed by atoms with Crippen molar-refractivity contribution in [3.63, 3.8) is 0 Å². The third-order valence-electron chi connectivity index (χ3n) is 7.50. The Kier molecular flexibility index (Phi) is 10.7. The van der Waals surface area contributed by atoms with Crippen LogP contribution in [0.5, 0.6) is 17.2 Å². The molecule has 4 rings (SSSR count). The van der Waals surface area contributed by atoms with E-state index < -0.39 is 5.60 Å². The summed E-state index contributed by atoms with van der Waals surface area (Å²) in [6, 6.07) is 21.1. The van der Waals surface area contributed by atoms with E-state index in [0.29, 0.717) is 0 Å². The minimum Gasteiger partial charge on any atom is -0.497 e. The fraction of sp³-hybridized carbons (Fsp3) is 0.455. The summed E-state index contributed by atoms with van der Waals surface area (Å²) in [5, 5.41) is 12.4. The van der Waals surface area contributed by atoms with Gasteiger partial charge in [0.2, 0.25) is 0 Å². The van der Waals surface area contributed by atoms with E-state index >= 15 is 0 Å². The van der Waals surface area contributed by atoms with Crippen molar-refractivity contribution in [1.29, 1.82) is 0 Å². The van der Waals surface area contributed by atoms with E-state index in [0.717, 1.165) is 97.7 Å². The predicted octanol–water partition coefficient (Wildman–Crippen LogP) is 6.64. The lowest BCUT2D eigenvalue weighted by Crippen LogP contribution is -2.29. The SMILES string of the molecule is COc1ccc(C(O)(c2ccc(OC)cc2)c2ccc(OC)c(CCCCCCOC3CCCCO3)c2)cc1. The lowest BCUT2D eigenvalue weighted by atomic mass is 9.79. The average molecular weight is 535 g/mol. The van der Waals surface area contributed by atoms with Gasteiger partial charge < -0.3 is 28.8 Å². The van der Waals surface area contributed by atoms with Gasteiger partial charge in [0, 0.05) is 13.2 Å². The van der Waals surface area contributed by atoms with Gasteiger partial charge in [-0.3, -0.25) is 0 Å². The molecule has 0 aliphatic carbocycles. The zero-order chi connectivity index (χ0) is 27.5. The number of hydrogen-bond donors (Lipinski definition) is 1. The number of aryl methyl sites for hydroxylation is 1. The molecule has 1 atom stereocenters. The smallest absolute Gasteiger partial charge is 0.157 e. The molecule has 6 nitrogen and oxygen atoms in total. The van der Waals surface area contributed by atoms with Crippen molar-refractivity contribution < 1.29 is 28.8 Å². The number of aliphatic hydroxyl groups is 1. The van der Waals surface area contributed by atoms with Gasteiger partial charge in [0.05, 0.1) is 21.3 Å². The predicted molar refractivity (Wildman–Crippen MR) is 153 cm³/mol. The van der Waals surface area contributed by atoms with Crippen LogP contribution in [0.2, 0.25) is 0 Å². The highest BCUT2D eigenvalue weighted by Gasteiger charge is 2.34. The van der Waals surface area contributed by atoms with Crippen molar-refractivity contribution in [2.24, 2.45) is 0 Å². The molecule has 1 heterocycles. The molecule has 210 valence electrons. The van der Waals surface area contributed by atoms with Gasteiger partial charge in [0.25, 0.3) is 0 Å². The number of methoxy groups -OCH3 is 3. The number of hydrogen-bond acceptors (Lipinski definition) is 6. The van der Waals surface area contributed by atoms with Crippen LogP contribution in [-0.2, 0) is 21.5 Å². The van der Waals surface area contributed by atoms with E-state index in [1.165, 1.54) is 6.42 Å². The number of unbranched alkanes of at least 4 members (excludes halogenated alkanes) is 3. The Morgan fingerprint density at radius 3 is 1.92 bits per heavy atom. The Hall–Kier alpha value is -3.06. The third kappa shape index (κ3) is 7.33. The minimum atomic E-state index is -1.36. The third-order valence-corrected chi connectivity index (χ3v) is 7.50. The Labute approximate surface area is 232 Å². The highest BCUT2D eigenvalue weighted by atomic mass is 16.7. The van der Waals surface area contributed by atoms with E-state index in [1.54, 1.807) is 21.3 Å². The van der Waals surface area contributed by atoms with Gasteiger partial charge in [0.1, 0.15) is 22.8 Å². The van der Waals surface area contributed by atoms with Crippen LogP contribution in [0.25, 0.3) is 0 Å². The topological polar surface area (TPSA) is 66.4 Å². The molecule has 1 saturated heterocycles. The molecule has 0 spiro atoms. The minimum absolute atomic E-state index is 0.0131. The summed E-state index contributed by atoms with van der Waals surface area (Å²) < 4.78 is 27.9. The molecule has 3 aromatic rings. The number of rotatable bonds is 14. The number of ether oxygens (including phenoxy) is 5. The first-order chi connectivity index (χ1) is 19.1. The Balaban J connectivity index is 1.48. The lowest BCUT2D eigenvalue weighted by molar-refractivity contribution is -0.162. The zero-order valence-corrected chi connectivity index (χ0v) is 23.5. The van der Waals surface area contributed by atoms with Crippen LogP contribution >= 0.6 is 0 Å². The van der Waals surface area contributed by atoms with Crippen molar-refractivity contribution in [1.82, 2.24) is 0 Å². The van der Waals surface area contributed by atoms with Gasteiger partial charge >= 0.3 is 0 Å². The largest absolute Gasteiger partial charge is 0.497 e. The summed E-state index contributed by atoms with van der Waals surface area (Å²) in [4.78, 5) is 0. The maximum Gasteiger partial charge on any atom is 0.157 e. The summed E-state index contributed by atoms with van der Waals surface area (Å²) in [6.45, 7) is 1.57. The lowest BCUT2D eigenvalue weighted by Gasteiger charge is -2.31. The van der Waals surface area contributed by atoms with Crippen molar-refractivity contribution in [2.45, 2.75) is 63.3 Å². The van der Waals surface area contributed by atoms with Crippen molar-refractivity contribution >= 4 is 0 Å². The van der Waals surface area contributed by atoms with E-state index in [1.807, 2.05) is 60.7 Å². The highest BCUT2D eigenvalue weighted by Crippen LogP contribution is 2.40. The quantitative estimate of drug-likeness (QED) is 0.185. The maximum atomic E-state index is 12.4. The fourth-order valence-electron chi connectivity index (χ4n) is 5.19. The highest BCUT2D eigenvalue weighted by molar-refractivity contribution is 5.52. The Morgan fingerprint density at radius 1 is 0.744 bits per heavy atom. The molecule has 0 saturated carbocycles. The van der Waals surface area contributed by atoms with Crippen molar-refractivity contribution in [2.75, 3.05) is 34.5 Å². The van der Waals surface area contributed by atoms with E-state index in [-0.39, 0.29) is 6.29 Å². The molecule has 6 heteroatoms. The van der Waals surface area contributed by atoms with Gasteiger partial charge in [-0.2, -0.15) is 0 Å². The van der Waals surface area contributed by atoms with Crippen LogP contribution in [0, 0.1) is 0 Å². The second-order valence-electron chi connectivity index (χ2n) is 10.0. The van der Waals surface area contributed by atoms with Crippen LogP contribution in [0.15, 0.2) is 66.7 Å². The molecule has 0 bridgehead atoms. The average Bonchev–Trinajstić information content (AvgIpc) is 3.00. The first-order valence-corrected chi connectivity index (χ1v) is 14.0. The molecule has 39 heavy (non-hydrogen) atoms. The summed E-state index contributed by atoms with van der Waals surface area (Å²) in [5.74, 6) is 2.31. The molecule has 0 amide bonds. The summed E-state index contributed by atoms with van der Waals surface area (Å²) >= 11 is 0. The van der Waals surface area contributed by atoms with E-state index in [9.17, 15) is 5.11 Å². The van der Waals surface area contributed by atoms with Crippen molar-refractivity contribution in [3.05, 3.63) is 89.0 Å². The maximum absolute atomic E-state index is 12.4. The summed E-state index contributed by atoms with van der Waals surface area (Å²) in [7, 11) is 4.97. The second-order valence-corrected chi connectivity index (χ2v) is 10.0. The molecular formula is C33H42O6. The van der Waals surface area contributed by atoms with Gasteiger partial charge in [0.15, 0.2) is 6.29 Å². The van der Waals surface area contributed by atoms with Crippen LogP contribution < -0.4 is 14.2 Å². The molecule has 1 aliphatic rings. The molecule has 1 unspecified atom stereocenters. The molecule has 0 radical (unpaired) electrons. The van der Waals surface area contributed by atoms with Crippen LogP contribution in [0.1, 0.15) is 67.2 Å². The summed E-state index contributed by atoms with van der Waals surface area (Å²) in [5.41, 5.74) is 2.02. The molecule has 3 aromatic carbocycles. The molecular weight excluding hydrogens is 492 g/mol. The molecule has 1 aliphatic heterocycles. The second kappa shape index (κ2) is 14.4. The fourth-order valence-corrected chi connectivity index (χ4v) is 5.19. The van der Waals surface area contributed by atoms with Crippen LogP contribution in [0.3, 0.4) is 0 Å². The van der Waals surface area contributed by atoms with Gasteiger partial charge in [-0.05, 0) is 97.2 Å². The molecule has 0 aromatic heterocycles. The van der Waals surface area contributed by atoms with Crippen LogP contribution in [-0.4, -0.2) is 45.9 Å². The first kappa shape index (κ1) is 28.9. The molecule has 1 N–H and O–H groups in total. The summed E-state index contributed by atoms with van der Waals surface area (Å²) in [6.07, 6.45) is 8.47. The molecule has 1 fully saturated rings. The van der Waals surface area contributed by atoms with Gasteiger partial charge in [-0.25, -0.2) is 0 Å². The standard InChI is InChI=1S/C33H42O6/c1-35-29-17-12-26(13-18-29)33(34,27-14-19-30(36-2)20-15-27)28-16-21-31(37-3)25(24-28)10-6-4-5-8-22-38-32-11-7-9-23-39-32/h12-21,24,32,34H,4-11,22-23H2,1-3H3. The Bertz CT molecular complexity index is 1090. The van der Waals surface area contributed by atoms with E-state index in [2.05, 4.69) is 6.07 Å². The number of benzene rings is 3. The zero-order valence-electron chi connectivity index (χ0n) is 23.5. The monoisotopic (exact) mass is 534 g/mol. The first-order valence-electron chi connectivity index (χ1n) is 14.0.